The molecule has 0 aliphatic heterocycles. The first-order valence-corrected chi connectivity index (χ1v) is 3.88. The van der Waals surface area contributed by atoms with E-state index in [1.165, 1.54) is 0 Å². The van der Waals surface area contributed by atoms with Gasteiger partial charge in [-0.2, -0.15) is 0 Å². The molecule has 4 N–H and O–H groups in total. The van der Waals surface area contributed by atoms with Crippen LogP contribution < -0.4 is 11.5 Å². The van der Waals surface area contributed by atoms with Crippen LogP contribution in [0.25, 0.3) is 0 Å². The zero-order chi connectivity index (χ0) is 11.7. The topological polar surface area (TPSA) is 52.0 Å². The van der Waals surface area contributed by atoms with Crippen LogP contribution in [-0.2, 0) is 0 Å². The lowest BCUT2D eigenvalue weighted by atomic mass is 10.1. The van der Waals surface area contributed by atoms with E-state index in [9.17, 15) is 22.0 Å². The van der Waals surface area contributed by atoms with Crippen molar-refractivity contribution in [3.63, 3.8) is 0 Å². The van der Waals surface area contributed by atoms with Crippen molar-refractivity contribution in [2.24, 2.45) is 11.5 Å². The first kappa shape index (κ1) is 11.9. The molecule has 84 valence electrons. The highest BCUT2D eigenvalue weighted by molar-refractivity contribution is 5.26. The van der Waals surface area contributed by atoms with Crippen LogP contribution in [0.3, 0.4) is 0 Å². The van der Waals surface area contributed by atoms with Crippen LogP contribution in [0.15, 0.2) is 0 Å². The Labute approximate surface area is 81.7 Å². The quantitative estimate of drug-likeness (QED) is 0.454. The predicted octanol–water partition coefficient (Wildman–Crippen LogP) is 1.34. The molecule has 2 nitrogen and oxygen atoms in total. The third-order valence-corrected chi connectivity index (χ3v) is 1.87. The summed E-state index contributed by atoms with van der Waals surface area (Å²) >= 11 is 0. The van der Waals surface area contributed by atoms with Crippen LogP contribution in [0, 0.1) is 29.1 Å². The van der Waals surface area contributed by atoms with Crippen molar-refractivity contribution < 1.29 is 22.0 Å². The molecule has 1 aromatic rings. The second-order valence-electron chi connectivity index (χ2n) is 2.83. The van der Waals surface area contributed by atoms with E-state index >= 15 is 0 Å². The maximum Gasteiger partial charge on any atom is 0.200 e. The van der Waals surface area contributed by atoms with Gasteiger partial charge in [-0.15, -0.1) is 0 Å². The summed E-state index contributed by atoms with van der Waals surface area (Å²) in [5, 5.41) is 0. The minimum Gasteiger partial charge on any atom is -0.329 e. The van der Waals surface area contributed by atoms with Gasteiger partial charge in [-0.25, -0.2) is 22.0 Å². The van der Waals surface area contributed by atoms with E-state index in [0.717, 1.165) is 0 Å². The molecular weight excluding hydrogens is 219 g/mol. The molecule has 0 unspecified atom stereocenters. The number of nitrogens with two attached hydrogens (primary N) is 2. The summed E-state index contributed by atoms with van der Waals surface area (Å²) in [4.78, 5) is 0. The lowest BCUT2D eigenvalue weighted by Crippen LogP contribution is -2.25. The van der Waals surface area contributed by atoms with Crippen molar-refractivity contribution in [3.05, 3.63) is 34.6 Å². The van der Waals surface area contributed by atoms with Gasteiger partial charge < -0.3 is 11.5 Å². The van der Waals surface area contributed by atoms with Crippen molar-refractivity contribution in [1.82, 2.24) is 0 Å². The smallest absolute Gasteiger partial charge is 0.200 e. The van der Waals surface area contributed by atoms with E-state index in [1.54, 1.807) is 0 Å². The molecule has 0 saturated carbocycles. The van der Waals surface area contributed by atoms with E-state index in [4.69, 9.17) is 11.5 Å². The third-order valence-electron chi connectivity index (χ3n) is 1.87. The van der Waals surface area contributed by atoms with E-state index in [0.29, 0.717) is 0 Å². The van der Waals surface area contributed by atoms with Crippen LogP contribution in [0.1, 0.15) is 11.6 Å². The second-order valence-corrected chi connectivity index (χ2v) is 2.83. The van der Waals surface area contributed by atoms with Gasteiger partial charge in [0.25, 0.3) is 0 Å². The molecular formula is C8H7F5N2. The first-order valence-electron chi connectivity index (χ1n) is 3.88. The number of benzene rings is 1. The van der Waals surface area contributed by atoms with Crippen molar-refractivity contribution in [2.45, 2.75) is 6.04 Å². The van der Waals surface area contributed by atoms with Crippen LogP contribution in [-0.4, -0.2) is 6.54 Å². The van der Waals surface area contributed by atoms with Crippen molar-refractivity contribution in [1.29, 1.82) is 0 Å². The lowest BCUT2D eigenvalue weighted by molar-refractivity contribution is 0.364. The minimum absolute atomic E-state index is 0.432. The van der Waals surface area contributed by atoms with Gasteiger partial charge in [0, 0.05) is 18.2 Å². The zero-order valence-electron chi connectivity index (χ0n) is 7.33. The molecule has 0 fully saturated rings. The van der Waals surface area contributed by atoms with Crippen LogP contribution >= 0.6 is 0 Å². The van der Waals surface area contributed by atoms with Gasteiger partial charge in [-0.3, -0.25) is 0 Å². The number of hydrogen-bond donors (Lipinski definition) is 2. The molecule has 0 radical (unpaired) electrons. The molecule has 0 aliphatic rings. The minimum atomic E-state index is -2.21. The Morgan fingerprint density at radius 3 is 1.47 bits per heavy atom. The van der Waals surface area contributed by atoms with Crippen molar-refractivity contribution in [3.8, 4) is 0 Å². The molecule has 1 rings (SSSR count). The number of halogens is 5. The average molecular weight is 226 g/mol. The molecule has 7 heteroatoms. The van der Waals surface area contributed by atoms with Gasteiger partial charge in [0.15, 0.2) is 23.3 Å². The zero-order valence-corrected chi connectivity index (χ0v) is 7.33. The highest BCUT2D eigenvalue weighted by atomic mass is 19.2. The summed E-state index contributed by atoms with van der Waals surface area (Å²) < 4.78 is 63.8. The second kappa shape index (κ2) is 4.11. The largest absolute Gasteiger partial charge is 0.329 e. The van der Waals surface area contributed by atoms with Crippen LogP contribution in [0.2, 0.25) is 0 Å². The van der Waals surface area contributed by atoms with E-state index in [1.807, 2.05) is 0 Å². The van der Waals surface area contributed by atoms with Gasteiger partial charge in [0.2, 0.25) is 5.82 Å². The van der Waals surface area contributed by atoms with Gasteiger partial charge in [-0.1, -0.05) is 0 Å². The van der Waals surface area contributed by atoms with Crippen LogP contribution in [0.4, 0.5) is 22.0 Å². The summed E-state index contributed by atoms with van der Waals surface area (Å²) in [5.74, 6) is -10.1. The number of hydrogen-bond acceptors (Lipinski definition) is 2. The molecule has 0 heterocycles. The van der Waals surface area contributed by atoms with Gasteiger partial charge in [0.05, 0.1) is 0 Å². The molecule has 1 atom stereocenters. The third kappa shape index (κ3) is 1.80. The molecule has 0 spiro atoms. The van der Waals surface area contributed by atoms with Gasteiger partial charge >= 0.3 is 0 Å². The van der Waals surface area contributed by atoms with Crippen molar-refractivity contribution in [2.75, 3.05) is 6.54 Å². The van der Waals surface area contributed by atoms with Gasteiger partial charge in [0.1, 0.15) is 0 Å². The summed E-state index contributed by atoms with van der Waals surface area (Å²) in [7, 11) is 0. The Kier molecular flexibility index (Phi) is 3.25. The average Bonchev–Trinajstić information content (AvgIpc) is 2.23. The maximum atomic E-state index is 13.0. The molecule has 0 saturated heterocycles. The molecule has 0 amide bonds. The van der Waals surface area contributed by atoms with E-state index < -0.39 is 47.2 Å². The molecule has 0 aromatic heterocycles. The summed E-state index contributed by atoms with van der Waals surface area (Å²) in [6.07, 6.45) is 0. The number of rotatable bonds is 2. The Morgan fingerprint density at radius 1 is 0.800 bits per heavy atom. The molecule has 0 bridgehead atoms. The SMILES string of the molecule is NC[C@@H](N)c1c(F)c(F)c(F)c(F)c1F. The predicted molar refractivity (Wildman–Crippen MR) is 42.2 cm³/mol. The maximum absolute atomic E-state index is 13.0. The first-order chi connectivity index (χ1) is 6.91. The van der Waals surface area contributed by atoms with Crippen molar-refractivity contribution >= 4 is 0 Å². The van der Waals surface area contributed by atoms with Gasteiger partial charge in [-0.05, 0) is 0 Å². The summed E-state index contributed by atoms with van der Waals surface area (Å²) in [5.41, 5.74) is 9.02. The fourth-order valence-corrected chi connectivity index (χ4v) is 1.07. The van der Waals surface area contributed by atoms with Crippen LogP contribution in [0.5, 0.6) is 0 Å². The standard InChI is InChI=1S/C8H7F5N2/c9-4-3(2(15)1-14)5(10)7(12)8(13)6(4)11/h2H,1,14-15H2/t2-/m1/s1. The highest BCUT2D eigenvalue weighted by Crippen LogP contribution is 2.26. The Balaban J connectivity index is 3.52. The summed E-state index contributed by atoms with van der Waals surface area (Å²) in [6.45, 7) is -0.432. The molecule has 1 aromatic carbocycles. The molecule has 0 aliphatic carbocycles. The fraction of sp³-hybridized carbons (Fsp3) is 0.250. The lowest BCUT2D eigenvalue weighted by Gasteiger charge is -2.12. The Bertz CT molecular complexity index is 364. The Morgan fingerprint density at radius 2 is 1.13 bits per heavy atom. The monoisotopic (exact) mass is 226 g/mol. The Hall–Kier alpha value is -1.21. The highest BCUT2D eigenvalue weighted by Gasteiger charge is 2.28. The fourth-order valence-electron chi connectivity index (χ4n) is 1.07. The van der Waals surface area contributed by atoms with E-state index in [2.05, 4.69) is 0 Å². The summed E-state index contributed by atoms with van der Waals surface area (Å²) in [6, 6.07) is -1.44. The molecule has 15 heavy (non-hydrogen) atoms. The van der Waals surface area contributed by atoms with E-state index in [-0.39, 0.29) is 0 Å². The normalized spacial score (nSPS) is 13.0.